The lowest BCUT2D eigenvalue weighted by atomic mass is 9.99. The van der Waals surface area contributed by atoms with Gasteiger partial charge in [0.1, 0.15) is 10.8 Å². The van der Waals surface area contributed by atoms with Crippen LogP contribution in [0.2, 0.25) is 5.02 Å². The van der Waals surface area contributed by atoms with Crippen LogP contribution in [0.25, 0.3) is 0 Å². The maximum Gasteiger partial charge on any atom is 0.158 e. The van der Waals surface area contributed by atoms with Gasteiger partial charge in [-0.05, 0) is 30.9 Å². The molecule has 1 aliphatic rings. The molecule has 0 amide bonds. The molecule has 1 fully saturated rings. The van der Waals surface area contributed by atoms with Gasteiger partial charge in [-0.15, -0.1) is 0 Å². The van der Waals surface area contributed by atoms with Crippen LogP contribution in [0.5, 0.6) is 0 Å². The van der Waals surface area contributed by atoms with Gasteiger partial charge in [0.05, 0.1) is 16.9 Å². The van der Waals surface area contributed by atoms with Gasteiger partial charge in [-0.2, -0.15) is 0 Å². The highest BCUT2D eigenvalue weighted by atomic mass is 35.5. The highest BCUT2D eigenvalue weighted by Crippen LogP contribution is 2.37. The zero-order valence-electron chi connectivity index (χ0n) is 13.0. The number of benzene rings is 1. The monoisotopic (exact) mass is 349 g/mol. The van der Waals surface area contributed by atoms with Gasteiger partial charge in [-0.1, -0.05) is 36.4 Å². The smallest absolute Gasteiger partial charge is 0.158 e. The van der Waals surface area contributed by atoms with Crippen molar-refractivity contribution in [3.63, 3.8) is 0 Å². The molecule has 2 heterocycles. The van der Waals surface area contributed by atoms with Crippen LogP contribution in [0.15, 0.2) is 34.3 Å². The first-order chi connectivity index (χ1) is 11.0. The molecule has 0 spiro atoms. The molecule has 0 radical (unpaired) electrons. The Kier molecular flexibility index (Phi) is 4.82. The van der Waals surface area contributed by atoms with Crippen molar-refractivity contribution >= 4 is 40.7 Å². The lowest BCUT2D eigenvalue weighted by Crippen LogP contribution is -2.33. The molecule has 0 bridgehead atoms. The van der Waals surface area contributed by atoms with Crippen LogP contribution in [-0.4, -0.2) is 23.1 Å². The van der Waals surface area contributed by atoms with E-state index < -0.39 is 0 Å². The van der Waals surface area contributed by atoms with E-state index >= 15 is 0 Å². The highest BCUT2D eigenvalue weighted by molar-refractivity contribution is 7.99. The van der Waals surface area contributed by atoms with E-state index in [0.717, 1.165) is 29.7 Å². The third-order valence-electron chi connectivity index (χ3n) is 4.06. The highest BCUT2D eigenvalue weighted by Gasteiger charge is 2.18. The molecule has 0 unspecified atom stereocenters. The van der Waals surface area contributed by atoms with Crippen LogP contribution in [0.1, 0.15) is 19.8 Å². The van der Waals surface area contributed by atoms with E-state index in [9.17, 15) is 0 Å². The molecule has 122 valence electrons. The summed E-state index contributed by atoms with van der Waals surface area (Å²) in [7, 11) is 0. The van der Waals surface area contributed by atoms with E-state index in [1.807, 2.05) is 12.1 Å². The molecule has 0 saturated carbocycles. The van der Waals surface area contributed by atoms with Gasteiger partial charge in [0.2, 0.25) is 0 Å². The lowest BCUT2D eigenvalue weighted by molar-refractivity contribution is 0.436. The lowest BCUT2D eigenvalue weighted by Gasteiger charge is -2.31. The molecule has 3 rings (SSSR count). The summed E-state index contributed by atoms with van der Waals surface area (Å²) in [6.07, 6.45) is 4.14. The van der Waals surface area contributed by atoms with Gasteiger partial charge in [0.15, 0.2) is 5.82 Å². The Morgan fingerprint density at radius 2 is 2.00 bits per heavy atom. The summed E-state index contributed by atoms with van der Waals surface area (Å²) < 4.78 is 0. The van der Waals surface area contributed by atoms with Crippen molar-refractivity contribution < 1.29 is 0 Å². The number of hydrogen-bond donors (Lipinski definition) is 2. The van der Waals surface area contributed by atoms with Crippen LogP contribution < -0.4 is 16.4 Å². The molecule has 4 N–H and O–H groups in total. The van der Waals surface area contributed by atoms with E-state index in [1.165, 1.54) is 24.6 Å². The topological polar surface area (TPSA) is 81.1 Å². The van der Waals surface area contributed by atoms with Crippen LogP contribution in [-0.2, 0) is 0 Å². The maximum absolute atomic E-state index is 6.22. The fraction of sp³-hybridized carbons (Fsp3) is 0.375. The molecule has 23 heavy (non-hydrogen) atoms. The van der Waals surface area contributed by atoms with Crippen molar-refractivity contribution in [2.45, 2.75) is 29.7 Å². The molecule has 7 heteroatoms. The standard InChI is InChI=1S/C16H20ClN5S/c1-10-5-7-22(8-6-10)13-9-20-16(15(19)21-13)23-12-4-2-3-11(18)14(12)17/h2-4,9-10H,5-8,18H2,1H3,(H2,19,21). The van der Waals surface area contributed by atoms with E-state index in [0.29, 0.717) is 21.6 Å². The second-order valence-electron chi connectivity index (χ2n) is 5.85. The summed E-state index contributed by atoms with van der Waals surface area (Å²) in [6, 6.07) is 5.52. The molecule has 5 nitrogen and oxygen atoms in total. The number of halogens is 1. The van der Waals surface area contributed by atoms with E-state index in [2.05, 4.69) is 21.8 Å². The van der Waals surface area contributed by atoms with Crippen LogP contribution in [0.4, 0.5) is 17.3 Å². The molecule has 1 aromatic heterocycles. The molecule has 2 aromatic rings. The third-order valence-corrected chi connectivity index (χ3v) is 5.66. The van der Waals surface area contributed by atoms with E-state index in [-0.39, 0.29) is 0 Å². The van der Waals surface area contributed by atoms with Crippen molar-refractivity contribution in [3.8, 4) is 0 Å². The molecular formula is C16H20ClN5S. The van der Waals surface area contributed by atoms with Crippen molar-refractivity contribution in [2.24, 2.45) is 5.92 Å². The second-order valence-corrected chi connectivity index (χ2v) is 7.26. The van der Waals surface area contributed by atoms with E-state index in [1.54, 1.807) is 12.3 Å². The van der Waals surface area contributed by atoms with Crippen LogP contribution in [0.3, 0.4) is 0 Å². The first-order valence-corrected chi connectivity index (χ1v) is 8.83. The number of aromatic nitrogens is 2. The second kappa shape index (κ2) is 6.84. The average molecular weight is 350 g/mol. The fourth-order valence-corrected chi connectivity index (χ4v) is 3.62. The first-order valence-electron chi connectivity index (χ1n) is 7.64. The summed E-state index contributed by atoms with van der Waals surface area (Å²) in [6.45, 7) is 4.29. The van der Waals surface area contributed by atoms with Gasteiger partial charge < -0.3 is 16.4 Å². The SMILES string of the molecule is CC1CCN(c2cnc(Sc3cccc(N)c3Cl)c(N)n2)CC1. The minimum atomic E-state index is 0.421. The summed E-state index contributed by atoms with van der Waals surface area (Å²) in [5.74, 6) is 2.04. The fourth-order valence-electron chi connectivity index (χ4n) is 2.56. The number of rotatable bonds is 3. The zero-order chi connectivity index (χ0) is 16.4. The van der Waals surface area contributed by atoms with Gasteiger partial charge in [0, 0.05) is 18.0 Å². The molecule has 0 atom stereocenters. The van der Waals surface area contributed by atoms with Crippen molar-refractivity contribution in [3.05, 3.63) is 29.4 Å². The number of nitrogen functional groups attached to an aromatic ring is 2. The maximum atomic E-state index is 6.22. The third kappa shape index (κ3) is 3.64. The molecule has 1 saturated heterocycles. The summed E-state index contributed by atoms with van der Waals surface area (Å²) in [4.78, 5) is 12.1. The molecule has 1 aliphatic heterocycles. The number of anilines is 3. The number of piperidine rings is 1. The summed E-state index contributed by atoms with van der Waals surface area (Å²) >= 11 is 7.60. The average Bonchev–Trinajstić information content (AvgIpc) is 2.54. The molecule has 1 aromatic carbocycles. The quantitative estimate of drug-likeness (QED) is 0.822. The largest absolute Gasteiger partial charge is 0.397 e. The Morgan fingerprint density at radius 3 is 2.70 bits per heavy atom. The van der Waals surface area contributed by atoms with Crippen LogP contribution >= 0.6 is 23.4 Å². The Morgan fingerprint density at radius 1 is 1.26 bits per heavy atom. The molecule has 0 aliphatic carbocycles. The van der Waals surface area contributed by atoms with Crippen molar-refractivity contribution in [2.75, 3.05) is 29.5 Å². The van der Waals surface area contributed by atoms with Gasteiger partial charge >= 0.3 is 0 Å². The minimum absolute atomic E-state index is 0.421. The minimum Gasteiger partial charge on any atom is -0.397 e. The van der Waals surface area contributed by atoms with E-state index in [4.69, 9.17) is 23.1 Å². The first kappa shape index (κ1) is 16.2. The van der Waals surface area contributed by atoms with Gasteiger partial charge in [-0.3, -0.25) is 0 Å². The zero-order valence-corrected chi connectivity index (χ0v) is 14.6. The predicted molar refractivity (Wildman–Crippen MR) is 97.0 cm³/mol. The Bertz CT molecular complexity index is 701. The summed E-state index contributed by atoms with van der Waals surface area (Å²) in [5, 5.41) is 1.17. The number of nitrogens with two attached hydrogens (primary N) is 2. The predicted octanol–water partition coefficient (Wildman–Crippen LogP) is 3.68. The van der Waals surface area contributed by atoms with Crippen molar-refractivity contribution in [1.29, 1.82) is 0 Å². The Hall–Kier alpha value is -1.66. The van der Waals surface area contributed by atoms with Gasteiger partial charge in [-0.25, -0.2) is 9.97 Å². The van der Waals surface area contributed by atoms with Crippen molar-refractivity contribution in [1.82, 2.24) is 9.97 Å². The number of nitrogens with zero attached hydrogens (tertiary/aromatic N) is 3. The van der Waals surface area contributed by atoms with Gasteiger partial charge in [0.25, 0.3) is 0 Å². The Labute approximate surface area is 145 Å². The normalized spacial score (nSPS) is 15.8. The molecular weight excluding hydrogens is 330 g/mol. The van der Waals surface area contributed by atoms with Crippen LogP contribution in [0, 0.1) is 5.92 Å². The Balaban J connectivity index is 1.78. The summed E-state index contributed by atoms with van der Waals surface area (Å²) in [5.41, 5.74) is 12.5. The number of hydrogen-bond acceptors (Lipinski definition) is 6.